The van der Waals surface area contributed by atoms with Crippen LogP contribution in [0, 0.1) is 0 Å². The van der Waals surface area contributed by atoms with Crippen LogP contribution in [0.4, 0.5) is 5.69 Å². The van der Waals surface area contributed by atoms with Gasteiger partial charge in [0, 0.05) is 19.3 Å². The molecular weight excluding hydrogens is 278 g/mol. The minimum absolute atomic E-state index is 0.0362. The number of rotatable bonds is 3. The fraction of sp³-hybridized carbons (Fsp3) is 0.100. The SMILES string of the molecule is Cn1cc(S(=O)(=O)Nc2ccc(O)cc2Cl)cn1. The Morgan fingerprint density at radius 2 is 2.17 bits per heavy atom. The normalized spacial score (nSPS) is 11.4. The first-order chi connectivity index (χ1) is 8.38. The van der Waals surface area contributed by atoms with Crippen molar-refractivity contribution >= 4 is 27.3 Å². The summed E-state index contributed by atoms with van der Waals surface area (Å²) in [4.78, 5) is 0.0362. The monoisotopic (exact) mass is 287 g/mol. The number of anilines is 1. The number of phenols is 1. The Kier molecular flexibility index (Phi) is 3.18. The molecule has 0 saturated heterocycles. The number of aromatic hydroxyl groups is 1. The summed E-state index contributed by atoms with van der Waals surface area (Å²) in [5.74, 6) is -0.0377. The standard InChI is InChI=1S/C10H10ClN3O3S/c1-14-6-8(5-12-14)18(16,17)13-10-3-2-7(15)4-9(10)11/h2-6,13,15H,1H3. The highest BCUT2D eigenvalue weighted by atomic mass is 35.5. The summed E-state index contributed by atoms with van der Waals surface area (Å²) in [7, 11) is -2.11. The third-order valence-corrected chi connectivity index (χ3v) is 3.82. The quantitative estimate of drug-likeness (QED) is 0.840. The lowest BCUT2D eigenvalue weighted by Gasteiger charge is -2.08. The Morgan fingerprint density at radius 3 is 2.72 bits per heavy atom. The number of nitrogens with zero attached hydrogens (tertiary/aromatic N) is 2. The zero-order chi connectivity index (χ0) is 13.3. The number of halogens is 1. The summed E-state index contributed by atoms with van der Waals surface area (Å²) < 4.78 is 27.6. The van der Waals surface area contributed by atoms with Crippen LogP contribution in [-0.2, 0) is 17.1 Å². The van der Waals surface area contributed by atoms with Gasteiger partial charge in [-0.3, -0.25) is 9.40 Å². The smallest absolute Gasteiger partial charge is 0.265 e. The molecule has 2 N–H and O–H groups in total. The second-order valence-corrected chi connectivity index (χ2v) is 5.71. The fourth-order valence-corrected chi connectivity index (χ4v) is 2.67. The van der Waals surface area contributed by atoms with E-state index in [1.165, 1.54) is 35.3 Å². The molecule has 1 aromatic heterocycles. The summed E-state index contributed by atoms with van der Waals surface area (Å²) in [5, 5.41) is 13.1. The molecule has 2 rings (SSSR count). The molecular formula is C10H10ClN3O3S. The molecule has 96 valence electrons. The van der Waals surface area contributed by atoms with Crippen LogP contribution >= 0.6 is 11.6 Å². The van der Waals surface area contributed by atoms with Crippen LogP contribution in [0.25, 0.3) is 0 Å². The predicted molar refractivity (Wildman–Crippen MR) is 67.1 cm³/mol. The zero-order valence-electron chi connectivity index (χ0n) is 9.33. The molecule has 0 aliphatic rings. The molecule has 0 bridgehead atoms. The Bertz CT molecular complexity index is 681. The maximum absolute atomic E-state index is 12.0. The highest BCUT2D eigenvalue weighted by molar-refractivity contribution is 7.92. The first kappa shape index (κ1) is 12.7. The lowest BCUT2D eigenvalue weighted by atomic mass is 10.3. The topological polar surface area (TPSA) is 84.2 Å². The minimum atomic E-state index is -3.73. The molecule has 1 aromatic carbocycles. The number of aryl methyl sites for hydroxylation is 1. The third-order valence-electron chi connectivity index (χ3n) is 2.19. The van der Waals surface area contributed by atoms with Crippen molar-refractivity contribution in [1.29, 1.82) is 0 Å². The van der Waals surface area contributed by atoms with Gasteiger partial charge in [0.15, 0.2) is 0 Å². The molecule has 0 radical (unpaired) electrons. The fourth-order valence-electron chi connectivity index (χ4n) is 1.33. The number of sulfonamides is 1. The van der Waals surface area contributed by atoms with Crippen molar-refractivity contribution in [2.24, 2.45) is 7.05 Å². The summed E-state index contributed by atoms with van der Waals surface area (Å²) in [6, 6.07) is 3.97. The van der Waals surface area contributed by atoms with Gasteiger partial charge in [-0.2, -0.15) is 5.10 Å². The van der Waals surface area contributed by atoms with Gasteiger partial charge < -0.3 is 5.11 Å². The van der Waals surface area contributed by atoms with Gasteiger partial charge in [-0.15, -0.1) is 0 Å². The van der Waals surface area contributed by atoms with Crippen molar-refractivity contribution in [2.75, 3.05) is 4.72 Å². The molecule has 0 aliphatic heterocycles. The lowest BCUT2D eigenvalue weighted by Crippen LogP contribution is -2.12. The van der Waals surface area contributed by atoms with E-state index >= 15 is 0 Å². The van der Waals surface area contributed by atoms with E-state index in [1.54, 1.807) is 7.05 Å². The van der Waals surface area contributed by atoms with Gasteiger partial charge in [-0.25, -0.2) is 8.42 Å². The first-order valence-electron chi connectivity index (χ1n) is 4.88. The highest BCUT2D eigenvalue weighted by Gasteiger charge is 2.17. The molecule has 0 atom stereocenters. The average Bonchev–Trinajstić information content (AvgIpc) is 2.70. The number of phenolic OH excluding ortho intramolecular Hbond substituents is 1. The van der Waals surface area contributed by atoms with Crippen molar-refractivity contribution in [3.05, 3.63) is 35.6 Å². The second-order valence-electron chi connectivity index (χ2n) is 3.62. The Labute approximate surface area is 109 Å². The Balaban J connectivity index is 2.33. The highest BCUT2D eigenvalue weighted by Crippen LogP contribution is 2.27. The lowest BCUT2D eigenvalue weighted by molar-refractivity contribution is 0.475. The maximum atomic E-state index is 12.0. The van der Waals surface area contributed by atoms with Gasteiger partial charge in [-0.05, 0) is 12.1 Å². The summed E-state index contributed by atoms with van der Waals surface area (Å²) >= 11 is 5.82. The zero-order valence-corrected chi connectivity index (χ0v) is 10.9. The van der Waals surface area contributed by atoms with Crippen LogP contribution < -0.4 is 4.72 Å². The molecule has 6 nitrogen and oxygen atoms in total. The van der Waals surface area contributed by atoms with Gasteiger partial charge in [0.2, 0.25) is 0 Å². The number of benzene rings is 1. The van der Waals surface area contributed by atoms with Crippen LogP contribution in [0.15, 0.2) is 35.5 Å². The minimum Gasteiger partial charge on any atom is -0.508 e. The molecule has 2 aromatic rings. The van der Waals surface area contributed by atoms with Gasteiger partial charge >= 0.3 is 0 Å². The van der Waals surface area contributed by atoms with E-state index in [2.05, 4.69) is 9.82 Å². The van der Waals surface area contributed by atoms with Crippen LogP contribution in [0.3, 0.4) is 0 Å². The molecule has 0 fully saturated rings. The largest absolute Gasteiger partial charge is 0.508 e. The Hall–Kier alpha value is -1.73. The van der Waals surface area contributed by atoms with Crippen LogP contribution in [0.5, 0.6) is 5.75 Å². The third kappa shape index (κ3) is 2.57. The van der Waals surface area contributed by atoms with Crippen molar-refractivity contribution in [2.45, 2.75) is 4.90 Å². The molecule has 0 amide bonds. The van der Waals surface area contributed by atoms with Crippen LogP contribution in [-0.4, -0.2) is 23.3 Å². The second kappa shape index (κ2) is 4.51. The van der Waals surface area contributed by atoms with Gasteiger partial charge in [-0.1, -0.05) is 11.6 Å². The first-order valence-corrected chi connectivity index (χ1v) is 6.74. The van der Waals surface area contributed by atoms with Crippen molar-refractivity contribution in [1.82, 2.24) is 9.78 Å². The molecule has 8 heteroatoms. The van der Waals surface area contributed by atoms with Crippen LogP contribution in [0.2, 0.25) is 5.02 Å². The molecule has 0 spiro atoms. The van der Waals surface area contributed by atoms with Crippen LogP contribution in [0.1, 0.15) is 0 Å². The van der Waals surface area contributed by atoms with Gasteiger partial charge in [0.1, 0.15) is 10.6 Å². The van der Waals surface area contributed by atoms with E-state index in [0.717, 1.165) is 0 Å². The van der Waals surface area contributed by atoms with E-state index in [9.17, 15) is 13.5 Å². The molecule has 18 heavy (non-hydrogen) atoms. The number of hydrogen-bond donors (Lipinski definition) is 2. The molecule has 0 aliphatic carbocycles. The van der Waals surface area contributed by atoms with E-state index in [-0.39, 0.29) is 21.4 Å². The number of aromatic nitrogens is 2. The van der Waals surface area contributed by atoms with E-state index in [4.69, 9.17) is 11.6 Å². The Morgan fingerprint density at radius 1 is 1.44 bits per heavy atom. The summed E-state index contributed by atoms with van der Waals surface area (Å²) in [5.41, 5.74) is 0.193. The van der Waals surface area contributed by atoms with E-state index in [0.29, 0.717) is 0 Å². The summed E-state index contributed by atoms with van der Waals surface area (Å²) in [6.45, 7) is 0. The van der Waals surface area contributed by atoms with Crippen molar-refractivity contribution in [3.8, 4) is 5.75 Å². The number of nitrogens with one attached hydrogen (secondary N) is 1. The predicted octanol–water partition coefficient (Wildman–Crippen LogP) is 1.58. The maximum Gasteiger partial charge on any atom is 0.265 e. The van der Waals surface area contributed by atoms with Gasteiger partial charge in [0.25, 0.3) is 10.0 Å². The number of hydrogen-bond acceptors (Lipinski definition) is 4. The van der Waals surface area contributed by atoms with Crippen molar-refractivity contribution in [3.63, 3.8) is 0 Å². The molecule has 0 unspecified atom stereocenters. The molecule has 1 heterocycles. The summed E-state index contributed by atoms with van der Waals surface area (Å²) in [6.07, 6.45) is 2.60. The van der Waals surface area contributed by atoms with Crippen molar-refractivity contribution < 1.29 is 13.5 Å². The molecule has 0 saturated carbocycles. The van der Waals surface area contributed by atoms with Gasteiger partial charge in [0.05, 0.1) is 16.9 Å². The van der Waals surface area contributed by atoms with E-state index in [1.807, 2.05) is 0 Å². The van der Waals surface area contributed by atoms with E-state index < -0.39 is 10.0 Å². The average molecular weight is 288 g/mol.